The number of ether oxygens (including phenoxy) is 1. The Labute approximate surface area is 135 Å². The number of nitrogens with one attached hydrogen (secondary N) is 1. The SMILES string of the molecule is CCc1nc2c(cnn2CC)c(NC2CCOCC2)c1C(N)=O. The molecule has 1 aliphatic rings. The quantitative estimate of drug-likeness (QED) is 0.875. The van der Waals surface area contributed by atoms with Crippen LogP contribution >= 0.6 is 0 Å². The van der Waals surface area contributed by atoms with E-state index in [2.05, 4.69) is 15.4 Å². The van der Waals surface area contributed by atoms with Crippen molar-refractivity contribution in [1.82, 2.24) is 14.8 Å². The van der Waals surface area contributed by atoms with Crippen molar-refractivity contribution in [3.63, 3.8) is 0 Å². The van der Waals surface area contributed by atoms with Crippen molar-refractivity contribution in [3.8, 4) is 0 Å². The van der Waals surface area contributed by atoms with Gasteiger partial charge in [0.1, 0.15) is 0 Å². The Kier molecular flexibility index (Phi) is 4.47. The second-order valence-corrected chi connectivity index (χ2v) is 5.75. The zero-order valence-electron chi connectivity index (χ0n) is 13.6. The van der Waals surface area contributed by atoms with Gasteiger partial charge in [0.15, 0.2) is 5.65 Å². The number of amides is 1. The number of nitrogens with zero attached hydrogens (tertiary/aromatic N) is 3. The van der Waals surface area contributed by atoms with Crippen LogP contribution in [0, 0.1) is 0 Å². The Morgan fingerprint density at radius 2 is 2.17 bits per heavy atom. The first-order chi connectivity index (χ1) is 11.2. The third-order valence-electron chi connectivity index (χ3n) is 4.31. The van der Waals surface area contributed by atoms with Gasteiger partial charge >= 0.3 is 0 Å². The fourth-order valence-electron chi connectivity index (χ4n) is 3.08. The van der Waals surface area contributed by atoms with Gasteiger partial charge in [0, 0.05) is 25.8 Å². The van der Waals surface area contributed by atoms with Gasteiger partial charge in [-0.15, -0.1) is 0 Å². The van der Waals surface area contributed by atoms with E-state index in [0.717, 1.165) is 55.0 Å². The molecule has 2 aromatic heterocycles. The number of aromatic nitrogens is 3. The van der Waals surface area contributed by atoms with Gasteiger partial charge in [0.25, 0.3) is 5.91 Å². The Morgan fingerprint density at radius 1 is 1.43 bits per heavy atom. The highest BCUT2D eigenvalue weighted by molar-refractivity contribution is 6.07. The van der Waals surface area contributed by atoms with Crippen molar-refractivity contribution < 1.29 is 9.53 Å². The van der Waals surface area contributed by atoms with Crippen LogP contribution in [0.25, 0.3) is 11.0 Å². The van der Waals surface area contributed by atoms with Crippen LogP contribution in [0.4, 0.5) is 5.69 Å². The number of nitrogens with two attached hydrogens (primary N) is 1. The summed E-state index contributed by atoms with van der Waals surface area (Å²) in [5, 5.41) is 8.74. The molecule has 0 aliphatic carbocycles. The third kappa shape index (κ3) is 2.88. The maximum atomic E-state index is 12.1. The average Bonchev–Trinajstić information content (AvgIpc) is 2.98. The molecule has 0 bridgehead atoms. The second-order valence-electron chi connectivity index (χ2n) is 5.75. The van der Waals surface area contributed by atoms with Crippen LogP contribution in [0.5, 0.6) is 0 Å². The minimum absolute atomic E-state index is 0.266. The molecule has 3 N–H and O–H groups in total. The maximum Gasteiger partial charge on any atom is 0.252 e. The summed E-state index contributed by atoms with van der Waals surface area (Å²) in [6.07, 6.45) is 4.22. The first-order valence-corrected chi connectivity index (χ1v) is 8.18. The van der Waals surface area contributed by atoms with Gasteiger partial charge in [-0.1, -0.05) is 6.92 Å². The Balaban J connectivity index is 2.15. The van der Waals surface area contributed by atoms with Crippen molar-refractivity contribution in [3.05, 3.63) is 17.5 Å². The van der Waals surface area contributed by atoms with Crippen LogP contribution in [0.2, 0.25) is 0 Å². The van der Waals surface area contributed by atoms with Crippen LogP contribution in [-0.4, -0.2) is 39.9 Å². The maximum absolute atomic E-state index is 12.1. The summed E-state index contributed by atoms with van der Waals surface area (Å²) in [5.41, 5.74) is 8.43. The molecule has 0 radical (unpaired) electrons. The lowest BCUT2D eigenvalue weighted by atomic mass is 10.0. The highest BCUT2D eigenvalue weighted by Crippen LogP contribution is 2.30. The van der Waals surface area contributed by atoms with E-state index >= 15 is 0 Å². The normalized spacial score (nSPS) is 15.9. The lowest BCUT2D eigenvalue weighted by molar-refractivity contribution is 0.0904. The molecule has 0 unspecified atom stereocenters. The predicted molar refractivity (Wildman–Crippen MR) is 88.6 cm³/mol. The Morgan fingerprint density at radius 3 is 2.78 bits per heavy atom. The summed E-state index contributed by atoms with van der Waals surface area (Å²) >= 11 is 0. The number of pyridine rings is 1. The smallest absolute Gasteiger partial charge is 0.252 e. The summed E-state index contributed by atoms with van der Waals surface area (Å²) in [6, 6.07) is 0.266. The summed E-state index contributed by atoms with van der Waals surface area (Å²) < 4.78 is 7.25. The third-order valence-corrected chi connectivity index (χ3v) is 4.31. The number of carbonyl (C=O) groups excluding carboxylic acids is 1. The number of aryl methyl sites for hydroxylation is 2. The van der Waals surface area contributed by atoms with E-state index in [0.29, 0.717) is 12.0 Å². The number of fused-ring (bicyclic) bond motifs is 1. The van der Waals surface area contributed by atoms with Gasteiger partial charge < -0.3 is 15.8 Å². The van der Waals surface area contributed by atoms with Gasteiger partial charge in [-0.05, 0) is 26.2 Å². The molecule has 1 amide bonds. The van der Waals surface area contributed by atoms with Crippen LogP contribution < -0.4 is 11.1 Å². The van der Waals surface area contributed by atoms with Gasteiger partial charge in [-0.25, -0.2) is 9.67 Å². The lowest BCUT2D eigenvalue weighted by Gasteiger charge is -2.26. The molecule has 1 aliphatic heterocycles. The van der Waals surface area contributed by atoms with Crippen molar-refractivity contribution in [2.24, 2.45) is 5.73 Å². The monoisotopic (exact) mass is 317 g/mol. The summed E-state index contributed by atoms with van der Waals surface area (Å²) in [7, 11) is 0. The first-order valence-electron chi connectivity index (χ1n) is 8.18. The lowest BCUT2D eigenvalue weighted by Crippen LogP contribution is -2.29. The van der Waals surface area contributed by atoms with E-state index in [-0.39, 0.29) is 6.04 Å². The molecule has 7 nitrogen and oxygen atoms in total. The van der Waals surface area contributed by atoms with E-state index in [4.69, 9.17) is 10.5 Å². The Hall–Kier alpha value is -2.15. The minimum atomic E-state index is -0.449. The van der Waals surface area contributed by atoms with Crippen LogP contribution in [0.15, 0.2) is 6.20 Å². The molecule has 0 saturated carbocycles. The fraction of sp³-hybridized carbons (Fsp3) is 0.562. The van der Waals surface area contributed by atoms with E-state index in [1.54, 1.807) is 6.20 Å². The highest BCUT2D eigenvalue weighted by Gasteiger charge is 2.23. The van der Waals surface area contributed by atoms with E-state index in [1.807, 2.05) is 18.5 Å². The largest absolute Gasteiger partial charge is 0.381 e. The molecule has 1 saturated heterocycles. The number of hydrogen-bond acceptors (Lipinski definition) is 5. The minimum Gasteiger partial charge on any atom is -0.381 e. The number of anilines is 1. The molecule has 23 heavy (non-hydrogen) atoms. The molecule has 3 rings (SSSR count). The summed E-state index contributed by atoms with van der Waals surface area (Å²) in [4.78, 5) is 16.7. The molecule has 0 spiro atoms. The standard InChI is InChI=1S/C16H23N5O2/c1-3-12-13(15(17)22)14(19-10-5-7-23-8-6-10)11-9-18-21(4-2)16(11)20-12/h9-10H,3-8H2,1-2H3,(H2,17,22)(H,19,20). The average molecular weight is 317 g/mol. The van der Waals surface area contributed by atoms with Crippen molar-refractivity contribution in [2.45, 2.75) is 45.7 Å². The Bertz CT molecular complexity index is 719. The molecule has 1 fully saturated rings. The van der Waals surface area contributed by atoms with Crippen LogP contribution in [0.3, 0.4) is 0 Å². The van der Waals surface area contributed by atoms with Gasteiger partial charge in [0.2, 0.25) is 0 Å². The molecular weight excluding hydrogens is 294 g/mol. The first kappa shape index (κ1) is 15.7. The molecule has 0 aromatic carbocycles. The highest BCUT2D eigenvalue weighted by atomic mass is 16.5. The number of hydrogen-bond donors (Lipinski definition) is 2. The van der Waals surface area contributed by atoms with Gasteiger partial charge in [0.05, 0.1) is 28.5 Å². The van der Waals surface area contributed by atoms with E-state index in [1.165, 1.54) is 0 Å². The predicted octanol–water partition coefficient (Wildman–Crippen LogP) is 1.70. The molecule has 0 atom stereocenters. The zero-order valence-corrected chi connectivity index (χ0v) is 13.6. The van der Waals surface area contributed by atoms with Crippen LogP contribution in [-0.2, 0) is 17.7 Å². The van der Waals surface area contributed by atoms with Crippen LogP contribution in [0.1, 0.15) is 42.7 Å². The number of carbonyl (C=O) groups is 1. The zero-order chi connectivity index (χ0) is 16.4. The van der Waals surface area contributed by atoms with E-state index in [9.17, 15) is 4.79 Å². The topological polar surface area (TPSA) is 95.1 Å². The van der Waals surface area contributed by atoms with Gasteiger partial charge in [-0.2, -0.15) is 5.10 Å². The molecule has 2 aromatic rings. The summed E-state index contributed by atoms with van der Waals surface area (Å²) in [6.45, 7) is 6.18. The number of rotatable bonds is 5. The molecule has 124 valence electrons. The summed E-state index contributed by atoms with van der Waals surface area (Å²) in [5.74, 6) is -0.449. The molecule has 7 heteroatoms. The van der Waals surface area contributed by atoms with Crippen molar-refractivity contribution in [1.29, 1.82) is 0 Å². The number of primary amides is 1. The second kappa shape index (κ2) is 6.54. The van der Waals surface area contributed by atoms with Crippen molar-refractivity contribution >= 4 is 22.6 Å². The van der Waals surface area contributed by atoms with E-state index < -0.39 is 5.91 Å². The molecular formula is C16H23N5O2. The fourth-order valence-corrected chi connectivity index (χ4v) is 3.08. The molecule has 3 heterocycles. The van der Waals surface area contributed by atoms with Crippen molar-refractivity contribution in [2.75, 3.05) is 18.5 Å². The van der Waals surface area contributed by atoms with Gasteiger partial charge in [-0.3, -0.25) is 4.79 Å².